The molecule has 1 heterocycles. The molecule has 8 heteroatoms. The maximum absolute atomic E-state index is 11.2. The van der Waals surface area contributed by atoms with Crippen molar-refractivity contribution in [1.82, 2.24) is 4.98 Å². The number of carbonyl (C=O) groups is 1. The van der Waals surface area contributed by atoms with Crippen LogP contribution in [0.3, 0.4) is 0 Å². The van der Waals surface area contributed by atoms with Crippen LogP contribution in [0, 0.1) is 17.0 Å². The van der Waals surface area contributed by atoms with Crippen LogP contribution < -0.4 is 5.32 Å². The molecule has 0 saturated carbocycles. The standard InChI is InChI=1S/C13H10BrN3O4/c1-7-10(14)3-2-4-11(7)16-12-9(13(18)19)5-8(6-15-12)17(20)21/h2-6H,1H3,(H,15,16)(H,18,19). The summed E-state index contributed by atoms with van der Waals surface area (Å²) in [6.45, 7) is 1.85. The zero-order valence-corrected chi connectivity index (χ0v) is 12.4. The highest BCUT2D eigenvalue weighted by molar-refractivity contribution is 9.10. The summed E-state index contributed by atoms with van der Waals surface area (Å²) in [5.74, 6) is -1.24. The Morgan fingerprint density at radius 2 is 2.19 bits per heavy atom. The number of aromatic carboxylic acids is 1. The number of halogens is 1. The molecule has 0 aliphatic rings. The van der Waals surface area contributed by atoms with Gasteiger partial charge in [-0.3, -0.25) is 10.1 Å². The van der Waals surface area contributed by atoms with E-state index < -0.39 is 10.9 Å². The Morgan fingerprint density at radius 1 is 1.48 bits per heavy atom. The van der Waals surface area contributed by atoms with Gasteiger partial charge in [-0.15, -0.1) is 0 Å². The van der Waals surface area contributed by atoms with E-state index in [0.717, 1.165) is 22.3 Å². The number of benzene rings is 1. The Labute approximate surface area is 127 Å². The Bertz CT molecular complexity index is 733. The highest BCUT2D eigenvalue weighted by atomic mass is 79.9. The van der Waals surface area contributed by atoms with Gasteiger partial charge in [0.15, 0.2) is 0 Å². The number of hydrogen-bond donors (Lipinski definition) is 2. The molecule has 0 radical (unpaired) electrons. The quantitative estimate of drug-likeness (QED) is 0.644. The van der Waals surface area contributed by atoms with Crippen molar-refractivity contribution >= 4 is 39.1 Å². The van der Waals surface area contributed by atoms with Gasteiger partial charge in [-0.2, -0.15) is 0 Å². The summed E-state index contributed by atoms with van der Waals surface area (Å²) in [5.41, 5.74) is 0.898. The number of carboxylic acid groups (broad SMARTS) is 1. The van der Waals surface area contributed by atoms with E-state index in [-0.39, 0.29) is 17.1 Å². The lowest BCUT2D eigenvalue weighted by Crippen LogP contribution is -2.06. The molecule has 0 bridgehead atoms. The third kappa shape index (κ3) is 3.16. The van der Waals surface area contributed by atoms with Gasteiger partial charge in [0.2, 0.25) is 0 Å². The summed E-state index contributed by atoms with van der Waals surface area (Å²) < 4.78 is 0.853. The highest BCUT2D eigenvalue weighted by Crippen LogP contribution is 2.28. The van der Waals surface area contributed by atoms with E-state index in [9.17, 15) is 14.9 Å². The smallest absolute Gasteiger partial charge is 0.339 e. The second-order valence-corrected chi connectivity index (χ2v) is 5.04. The average Bonchev–Trinajstić information content (AvgIpc) is 2.43. The predicted octanol–water partition coefficient (Wildman–Crippen LogP) is 3.50. The number of aromatic nitrogens is 1. The van der Waals surface area contributed by atoms with E-state index in [1.807, 2.05) is 13.0 Å². The molecule has 0 amide bonds. The zero-order valence-electron chi connectivity index (χ0n) is 10.8. The number of nitro groups is 1. The molecular formula is C13H10BrN3O4. The predicted molar refractivity (Wildman–Crippen MR) is 80.0 cm³/mol. The normalized spacial score (nSPS) is 10.2. The molecule has 0 spiro atoms. The first kappa shape index (κ1) is 14.9. The minimum Gasteiger partial charge on any atom is -0.478 e. The van der Waals surface area contributed by atoms with E-state index in [1.54, 1.807) is 12.1 Å². The molecule has 0 aliphatic heterocycles. The Hall–Kier alpha value is -2.48. The molecule has 0 atom stereocenters. The van der Waals surface area contributed by atoms with Crippen LogP contribution in [-0.2, 0) is 0 Å². The molecule has 21 heavy (non-hydrogen) atoms. The van der Waals surface area contributed by atoms with Gasteiger partial charge in [-0.1, -0.05) is 22.0 Å². The molecular weight excluding hydrogens is 342 g/mol. The van der Waals surface area contributed by atoms with Crippen LogP contribution in [0.1, 0.15) is 15.9 Å². The van der Waals surface area contributed by atoms with Crippen LogP contribution in [0.2, 0.25) is 0 Å². The van der Waals surface area contributed by atoms with Crippen LogP contribution >= 0.6 is 15.9 Å². The maximum Gasteiger partial charge on any atom is 0.339 e. The molecule has 1 aromatic heterocycles. The fourth-order valence-electron chi connectivity index (χ4n) is 1.69. The van der Waals surface area contributed by atoms with Crippen molar-refractivity contribution in [2.75, 3.05) is 5.32 Å². The van der Waals surface area contributed by atoms with E-state index >= 15 is 0 Å². The molecule has 0 aliphatic carbocycles. The van der Waals surface area contributed by atoms with Crippen molar-refractivity contribution in [3.8, 4) is 0 Å². The molecule has 108 valence electrons. The minimum atomic E-state index is -1.29. The van der Waals surface area contributed by atoms with Crippen LogP contribution in [0.5, 0.6) is 0 Å². The Morgan fingerprint density at radius 3 is 2.81 bits per heavy atom. The van der Waals surface area contributed by atoms with Crippen molar-refractivity contribution in [1.29, 1.82) is 0 Å². The summed E-state index contributed by atoms with van der Waals surface area (Å²) in [4.78, 5) is 25.1. The van der Waals surface area contributed by atoms with Gasteiger partial charge in [0, 0.05) is 16.2 Å². The molecule has 2 aromatic rings. The number of rotatable bonds is 4. The third-order valence-corrected chi connectivity index (χ3v) is 3.69. The van der Waals surface area contributed by atoms with E-state index in [4.69, 9.17) is 5.11 Å². The molecule has 2 rings (SSSR count). The van der Waals surface area contributed by atoms with E-state index in [1.165, 1.54) is 0 Å². The Balaban J connectivity index is 2.46. The first-order chi connectivity index (χ1) is 9.90. The van der Waals surface area contributed by atoms with Crippen LogP contribution in [0.15, 0.2) is 34.9 Å². The number of carboxylic acids is 1. The van der Waals surface area contributed by atoms with Gasteiger partial charge in [-0.05, 0) is 24.6 Å². The first-order valence-corrected chi connectivity index (χ1v) is 6.59. The largest absolute Gasteiger partial charge is 0.478 e. The van der Waals surface area contributed by atoms with E-state index in [2.05, 4.69) is 26.2 Å². The van der Waals surface area contributed by atoms with Gasteiger partial charge in [0.1, 0.15) is 17.6 Å². The number of pyridine rings is 1. The number of hydrogen-bond acceptors (Lipinski definition) is 5. The second kappa shape index (κ2) is 5.88. The summed E-state index contributed by atoms with van der Waals surface area (Å²) in [6, 6.07) is 6.37. The molecule has 1 aromatic carbocycles. The van der Waals surface area contributed by atoms with Crippen molar-refractivity contribution in [2.24, 2.45) is 0 Å². The molecule has 0 saturated heterocycles. The van der Waals surface area contributed by atoms with Crippen molar-refractivity contribution < 1.29 is 14.8 Å². The third-order valence-electron chi connectivity index (χ3n) is 2.84. The van der Waals surface area contributed by atoms with Crippen LogP contribution in [0.4, 0.5) is 17.2 Å². The van der Waals surface area contributed by atoms with Gasteiger partial charge in [0.05, 0.1) is 4.92 Å². The van der Waals surface area contributed by atoms with E-state index in [0.29, 0.717) is 5.69 Å². The number of nitrogens with one attached hydrogen (secondary N) is 1. The zero-order chi connectivity index (χ0) is 15.6. The minimum absolute atomic E-state index is 0.0503. The SMILES string of the molecule is Cc1c(Br)cccc1Nc1ncc([N+](=O)[O-])cc1C(=O)O. The molecule has 0 fully saturated rings. The fourth-order valence-corrected chi connectivity index (χ4v) is 2.05. The summed E-state index contributed by atoms with van der Waals surface area (Å²) in [7, 11) is 0. The maximum atomic E-state index is 11.2. The van der Waals surface area contributed by atoms with Crippen LogP contribution in [-0.4, -0.2) is 21.0 Å². The van der Waals surface area contributed by atoms with Crippen molar-refractivity contribution in [2.45, 2.75) is 6.92 Å². The fraction of sp³-hybridized carbons (Fsp3) is 0.0769. The summed E-state index contributed by atoms with van der Waals surface area (Å²) in [6.07, 6.45) is 1.02. The molecule has 7 nitrogen and oxygen atoms in total. The van der Waals surface area contributed by atoms with Crippen molar-refractivity contribution in [3.05, 3.63) is 56.2 Å². The van der Waals surface area contributed by atoms with Crippen molar-refractivity contribution in [3.63, 3.8) is 0 Å². The summed E-state index contributed by atoms with van der Waals surface area (Å²) in [5, 5.41) is 22.7. The lowest BCUT2D eigenvalue weighted by molar-refractivity contribution is -0.385. The summed E-state index contributed by atoms with van der Waals surface area (Å²) >= 11 is 3.37. The monoisotopic (exact) mass is 351 g/mol. The average molecular weight is 352 g/mol. The lowest BCUT2D eigenvalue weighted by Gasteiger charge is -2.11. The number of nitrogens with zero attached hydrogens (tertiary/aromatic N) is 2. The van der Waals surface area contributed by atoms with Crippen LogP contribution in [0.25, 0.3) is 0 Å². The van der Waals surface area contributed by atoms with Gasteiger partial charge in [-0.25, -0.2) is 9.78 Å². The topological polar surface area (TPSA) is 105 Å². The molecule has 0 unspecified atom stereocenters. The molecule has 2 N–H and O–H groups in total. The lowest BCUT2D eigenvalue weighted by atomic mass is 10.2. The van der Waals surface area contributed by atoms with Gasteiger partial charge >= 0.3 is 5.97 Å². The van der Waals surface area contributed by atoms with Gasteiger partial charge in [0.25, 0.3) is 5.69 Å². The first-order valence-electron chi connectivity index (χ1n) is 5.80. The number of anilines is 2. The second-order valence-electron chi connectivity index (χ2n) is 4.19. The highest BCUT2D eigenvalue weighted by Gasteiger charge is 2.18. The van der Waals surface area contributed by atoms with Gasteiger partial charge < -0.3 is 10.4 Å². The Kier molecular flexibility index (Phi) is 4.18.